The standard InChI is InChI=1S/C23H17F6N3O2S/c1-2-34-18-5-3-13(4-6-18)19-11-32-17(12-35-21(32)31-19)10-20(33)30-16-8-14(22(24,25)26)7-15(9-16)23(27,28)29/h3-9,11-12H,2,10H2,1H3,(H,30,33). The van der Waals surface area contributed by atoms with E-state index in [0.29, 0.717) is 40.8 Å². The van der Waals surface area contributed by atoms with Crippen molar-refractivity contribution in [2.75, 3.05) is 11.9 Å². The molecule has 2 aromatic carbocycles. The van der Waals surface area contributed by atoms with Gasteiger partial charge in [-0.3, -0.25) is 9.20 Å². The predicted molar refractivity (Wildman–Crippen MR) is 118 cm³/mol. The van der Waals surface area contributed by atoms with Crippen LogP contribution in [0.25, 0.3) is 16.2 Å². The zero-order valence-electron chi connectivity index (χ0n) is 18.0. The maximum Gasteiger partial charge on any atom is 0.416 e. The topological polar surface area (TPSA) is 55.6 Å². The van der Waals surface area contributed by atoms with Crippen LogP contribution in [0.1, 0.15) is 23.7 Å². The SMILES string of the molecule is CCOc1ccc(-c2cn3c(CC(=O)Nc4cc(C(F)(F)F)cc(C(F)(F)F)c4)csc3n2)cc1. The Morgan fingerprint density at radius 2 is 1.66 bits per heavy atom. The molecule has 0 atom stereocenters. The third-order valence-electron chi connectivity index (χ3n) is 4.96. The van der Waals surface area contributed by atoms with Gasteiger partial charge in [-0.15, -0.1) is 11.3 Å². The van der Waals surface area contributed by atoms with E-state index in [0.717, 1.165) is 5.56 Å². The van der Waals surface area contributed by atoms with Crippen LogP contribution >= 0.6 is 11.3 Å². The zero-order chi connectivity index (χ0) is 25.4. The number of thiazole rings is 1. The van der Waals surface area contributed by atoms with Crippen molar-refractivity contribution in [3.63, 3.8) is 0 Å². The number of anilines is 1. The van der Waals surface area contributed by atoms with Gasteiger partial charge in [0.25, 0.3) is 0 Å². The van der Waals surface area contributed by atoms with Crippen LogP contribution in [-0.4, -0.2) is 21.9 Å². The molecule has 2 heterocycles. The van der Waals surface area contributed by atoms with E-state index in [1.807, 2.05) is 19.1 Å². The fourth-order valence-corrected chi connectivity index (χ4v) is 4.25. The Morgan fingerprint density at radius 3 is 2.23 bits per heavy atom. The lowest BCUT2D eigenvalue weighted by Crippen LogP contribution is -2.17. The van der Waals surface area contributed by atoms with E-state index < -0.39 is 35.1 Å². The molecule has 5 nitrogen and oxygen atoms in total. The van der Waals surface area contributed by atoms with Crippen molar-refractivity contribution in [1.29, 1.82) is 0 Å². The number of aromatic nitrogens is 2. The number of ether oxygens (including phenoxy) is 1. The monoisotopic (exact) mass is 513 g/mol. The molecule has 0 radical (unpaired) electrons. The van der Waals surface area contributed by atoms with Gasteiger partial charge in [0.15, 0.2) is 4.96 Å². The first-order valence-corrected chi connectivity index (χ1v) is 11.1. The largest absolute Gasteiger partial charge is 0.494 e. The van der Waals surface area contributed by atoms with Crippen molar-refractivity contribution in [2.24, 2.45) is 0 Å². The summed E-state index contributed by atoms with van der Waals surface area (Å²) in [6.07, 6.45) is -8.59. The number of benzene rings is 2. The lowest BCUT2D eigenvalue weighted by atomic mass is 10.1. The highest BCUT2D eigenvalue weighted by Gasteiger charge is 2.37. The summed E-state index contributed by atoms with van der Waals surface area (Å²) in [6, 6.07) is 8.20. The molecule has 0 spiro atoms. The van der Waals surface area contributed by atoms with Crippen LogP contribution < -0.4 is 10.1 Å². The number of hydrogen-bond acceptors (Lipinski definition) is 4. The van der Waals surface area contributed by atoms with Gasteiger partial charge in [0.1, 0.15) is 5.75 Å². The second-order valence-electron chi connectivity index (χ2n) is 7.48. The molecule has 1 amide bonds. The fourth-order valence-electron chi connectivity index (χ4n) is 3.38. The van der Waals surface area contributed by atoms with Crippen LogP contribution in [0.3, 0.4) is 0 Å². The molecule has 0 fully saturated rings. The summed E-state index contributed by atoms with van der Waals surface area (Å²) < 4.78 is 85.4. The zero-order valence-corrected chi connectivity index (χ0v) is 18.8. The van der Waals surface area contributed by atoms with Crippen LogP contribution in [0.2, 0.25) is 0 Å². The summed E-state index contributed by atoms with van der Waals surface area (Å²) in [5.74, 6) is -0.0635. The number of nitrogens with zero attached hydrogens (tertiary/aromatic N) is 2. The number of imidazole rings is 1. The summed E-state index contributed by atoms with van der Waals surface area (Å²) >= 11 is 1.25. The molecule has 0 aliphatic carbocycles. The van der Waals surface area contributed by atoms with Crippen LogP contribution in [0.4, 0.5) is 32.0 Å². The lowest BCUT2D eigenvalue weighted by Gasteiger charge is -2.14. The van der Waals surface area contributed by atoms with Gasteiger partial charge in [-0.05, 0) is 49.4 Å². The van der Waals surface area contributed by atoms with E-state index in [1.165, 1.54) is 11.3 Å². The Kier molecular flexibility index (Phi) is 6.50. The number of rotatable bonds is 6. The van der Waals surface area contributed by atoms with Gasteiger partial charge in [-0.2, -0.15) is 26.3 Å². The van der Waals surface area contributed by atoms with Gasteiger partial charge in [0.05, 0.1) is 29.8 Å². The van der Waals surface area contributed by atoms with Gasteiger partial charge in [0, 0.05) is 28.5 Å². The average molecular weight is 513 g/mol. The van der Waals surface area contributed by atoms with Crippen LogP contribution in [0.5, 0.6) is 5.75 Å². The predicted octanol–water partition coefficient (Wildman–Crippen LogP) is 6.68. The normalized spacial score (nSPS) is 12.2. The Hall–Kier alpha value is -3.54. The summed E-state index contributed by atoms with van der Waals surface area (Å²) in [5, 5.41) is 3.79. The second-order valence-corrected chi connectivity index (χ2v) is 8.32. The third-order valence-corrected chi connectivity index (χ3v) is 5.85. The first-order valence-electron chi connectivity index (χ1n) is 10.2. The Labute approximate surface area is 199 Å². The third kappa shape index (κ3) is 5.59. The minimum Gasteiger partial charge on any atom is -0.494 e. The number of hydrogen-bond donors (Lipinski definition) is 1. The summed E-state index contributed by atoms with van der Waals surface area (Å²) in [6.45, 7) is 2.40. The molecule has 184 valence electrons. The molecule has 4 aromatic rings. The first kappa shape index (κ1) is 24.6. The molecule has 0 aliphatic rings. The number of carbonyl (C=O) groups is 1. The number of halogens is 6. The number of alkyl halides is 6. The summed E-state index contributed by atoms with van der Waals surface area (Å²) in [4.78, 5) is 17.6. The highest BCUT2D eigenvalue weighted by molar-refractivity contribution is 7.15. The fraction of sp³-hybridized carbons (Fsp3) is 0.217. The second kappa shape index (κ2) is 9.25. The van der Waals surface area contributed by atoms with E-state index in [1.54, 1.807) is 28.1 Å². The highest BCUT2D eigenvalue weighted by Crippen LogP contribution is 2.37. The van der Waals surface area contributed by atoms with E-state index in [-0.39, 0.29) is 12.5 Å². The lowest BCUT2D eigenvalue weighted by molar-refractivity contribution is -0.143. The Bertz CT molecular complexity index is 1320. The van der Waals surface area contributed by atoms with Gasteiger partial charge in [0.2, 0.25) is 5.91 Å². The molecule has 1 N–H and O–H groups in total. The highest BCUT2D eigenvalue weighted by atomic mass is 32.1. The first-order chi connectivity index (χ1) is 16.4. The van der Waals surface area contributed by atoms with E-state index in [9.17, 15) is 31.1 Å². The molecule has 12 heteroatoms. The van der Waals surface area contributed by atoms with E-state index in [2.05, 4.69) is 10.3 Å². The molecule has 0 aliphatic heterocycles. The van der Waals surface area contributed by atoms with E-state index >= 15 is 0 Å². The number of fused-ring (bicyclic) bond motifs is 1. The molecule has 0 saturated heterocycles. The van der Waals surface area contributed by atoms with Gasteiger partial charge in [-0.25, -0.2) is 4.98 Å². The van der Waals surface area contributed by atoms with Crippen molar-refractivity contribution < 1.29 is 35.9 Å². The minimum atomic E-state index is -5.01. The number of amides is 1. The minimum absolute atomic E-state index is 0.00595. The van der Waals surface area contributed by atoms with Crippen molar-refractivity contribution in [3.8, 4) is 17.0 Å². The van der Waals surface area contributed by atoms with Crippen molar-refractivity contribution in [2.45, 2.75) is 25.7 Å². The molecule has 0 saturated carbocycles. The molecule has 2 aromatic heterocycles. The van der Waals surface area contributed by atoms with Gasteiger partial charge < -0.3 is 10.1 Å². The quantitative estimate of drug-likeness (QED) is 0.293. The summed E-state index contributed by atoms with van der Waals surface area (Å²) in [7, 11) is 0. The van der Waals surface area contributed by atoms with Crippen molar-refractivity contribution >= 4 is 27.9 Å². The molecule has 4 rings (SSSR count). The van der Waals surface area contributed by atoms with E-state index in [4.69, 9.17) is 4.74 Å². The average Bonchev–Trinajstić information content (AvgIpc) is 3.35. The van der Waals surface area contributed by atoms with Gasteiger partial charge >= 0.3 is 12.4 Å². The van der Waals surface area contributed by atoms with Crippen LogP contribution in [-0.2, 0) is 23.6 Å². The van der Waals surface area contributed by atoms with Crippen molar-refractivity contribution in [3.05, 3.63) is 70.9 Å². The van der Waals surface area contributed by atoms with Crippen molar-refractivity contribution in [1.82, 2.24) is 9.38 Å². The number of carbonyl (C=O) groups excluding carboxylic acids is 1. The maximum absolute atomic E-state index is 13.1. The molecule has 0 bridgehead atoms. The molecular formula is C23H17F6N3O2S. The van der Waals surface area contributed by atoms with Crippen LogP contribution in [0.15, 0.2) is 54.0 Å². The van der Waals surface area contributed by atoms with Crippen LogP contribution in [0, 0.1) is 0 Å². The Morgan fingerprint density at radius 1 is 1.03 bits per heavy atom. The molecule has 0 unspecified atom stereocenters. The molecular weight excluding hydrogens is 496 g/mol. The Balaban J connectivity index is 1.54. The maximum atomic E-state index is 13.1. The van der Waals surface area contributed by atoms with Gasteiger partial charge in [-0.1, -0.05) is 0 Å². The smallest absolute Gasteiger partial charge is 0.416 e. The molecule has 35 heavy (non-hydrogen) atoms. The number of nitrogens with one attached hydrogen (secondary N) is 1. The summed E-state index contributed by atoms with van der Waals surface area (Å²) in [5.41, 5.74) is -1.68.